The van der Waals surface area contributed by atoms with E-state index in [4.69, 9.17) is 0 Å². The number of aliphatic hydroxyl groups excluding tert-OH is 1. The average molecular weight is 219 g/mol. The van der Waals surface area contributed by atoms with Crippen LogP contribution < -0.4 is 5.32 Å². The molecular formula is C14H21NO. The van der Waals surface area contributed by atoms with Crippen molar-refractivity contribution >= 4 is 0 Å². The summed E-state index contributed by atoms with van der Waals surface area (Å²) in [5.41, 5.74) is 3.73. The second-order valence-electron chi connectivity index (χ2n) is 5.20. The minimum absolute atomic E-state index is 0.182. The lowest BCUT2D eigenvalue weighted by molar-refractivity contribution is 0.151. The Hall–Kier alpha value is -0.860. The maximum absolute atomic E-state index is 9.74. The molecule has 2 nitrogen and oxygen atoms in total. The number of aryl methyl sites for hydroxylation is 2. The molecule has 2 N–H and O–H groups in total. The molecule has 16 heavy (non-hydrogen) atoms. The van der Waals surface area contributed by atoms with Crippen molar-refractivity contribution in [3.63, 3.8) is 0 Å². The summed E-state index contributed by atoms with van der Waals surface area (Å²) in [4.78, 5) is 0. The summed E-state index contributed by atoms with van der Waals surface area (Å²) in [5.74, 6) is 0. The summed E-state index contributed by atoms with van der Waals surface area (Å²) >= 11 is 0. The van der Waals surface area contributed by atoms with Gasteiger partial charge in [0.05, 0.1) is 12.1 Å². The number of rotatable bonds is 3. The van der Waals surface area contributed by atoms with Crippen molar-refractivity contribution in [2.24, 2.45) is 0 Å². The first kappa shape index (κ1) is 11.6. The van der Waals surface area contributed by atoms with Gasteiger partial charge in [0.2, 0.25) is 0 Å². The monoisotopic (exact) mass is 219 g/mol. The smallest absolute Gasteiger partial charge is 0.0676 e. The van der Waals surface area contributed by atoms with E-state index in [9.17, 15) is 5.11 Å². The van der Waals surface area contributed by atoms with Crippen LogP contribution in [0.4, 0.5) is 0 Å². The van der Waals surface area contributed by atoms with Gasteiger partial charge in [-0.05, 0) is 44.7 Å². The third-order valence-corrected chi connectivity index (χ3v) is 3.44. The van der Waals surface area contributed by atoms with Crippen LogP contribution in [0.3, 0.4) is 0 Å². The van der Waals surface area contributed by atoms with E-state index in [1.165, 1.54) is 16.7 Å². The second-order valence-corrected chi connectivity index (χ2v) is 5.20. The average Bonchev–Trinajstić information content (AvgIpc) is 2.57. The number of hydrogen-bond acceptors (Lipinski definition) is 2. The first-order valence-electron chi connectivity index (χ1n) is 6.06. The summed E-state index contributed by atoms with van der Waals surface area (Å²) in [6.45, 7) is 6.55. The summed E-state index contributed by atoms with van der Waals surface area (Å²) in [6.07, 6.45) is 2.07. The van der Waals surface area contributed by atoms with Crippen LogP contribution in [0.5, 0.6) is 0 Å². The minimum atomic E-state index is -0.213. The predicted molar refractivity (Wildman–Crippen MR) is 66.5 cm³/mol. The van der Waals surface area contributed by atoms with Gasteiger partial charge in [-0.3, -0.25) is 0 Å². The Labute approximate surface area is 97.7 Å². The fourth-order valence-electron chi connectivity index (χ4n) is 2.75. The quantitative estimate of drug-likeness (QED) is 0.816. The highest BCUT2D eigenvalue weighted by atomic mass is 16.3. The molecule has 2 heteroatoms. The highest BCUT2D eigenvalue weighted by molar-refractivity contribution is 5.41. The predicted octanol–water partition coefficient (Wildman–Crippen LogP) is 2.13. The molecule has 1 aromatic rings. The van der Waals surface area contributed by atoms with Crippen LogP contribution in [0.2, 0.25) is 0 Å². The molecule has 0 fully saturated rings. The number of nitrogens with one attached hydrogen (secondary N) is 1. The third-order valence-electron chi connectivity index (χ3n) is 3.44. The van der Waals surface area contributed by atoms with E-state index in [-0.39, 0.29) is 12.1 Å². The molecule has 1 atom stereocenters. The van der Waals surface area contributed by atoms with Gasteiger partial charge in [-0.2, -0.15) is 0 Å². The SMILES string of the molecule is Cc1ccc2c(c1)C(CO)(NC(C)C)CC2. The van der Waals surface area contributed by atoms with Crippen molar-refractivity contribution < 1.29 is 5.11 Å². The highest BCUT2D eigenvalue weighted by Crippen LogP contribution is 2.37. The summed E-state index contributed by atoms with van der Waals surface area (Å²) in [5, 5.41) is 13.3. The summed E-state index contributed by atoms with van der Waals surface area (Å²) in [6, 6.07) is 6.96. The Morgan fingerprint density at radius 3 is 2.81 bits per heavy atom. The van der Waals surface area contributed by atoms with Crippen LogP contribution in [-0.4, -0.2) is 17.8 Å². The topological polar surface area (TPSA) is 32.3 Å². The van der Waals surface area contributed by atoms with E-state index in [0.717, 1.165) is 12.8 Å². The van der Waals surface area contributed by atoms with E-state index in [1.807, 2.05) is 0 Å². The molecule has 0 spiro atoms. The lowest BCUT2D eigenvalue weighted by Crippen LogP contribution is -2.47. The zero-order valence-corrected chi connectivity index (χ0v) is 10.4. The molecule has 0 saturated carbocycles. The van der Waals surface area contributed by atoms with E-state index in [0.29, 0.717) is 6.04 Å². The maximum atomic E-state index is 9.74. The van der Waals surface area contributed by atoms with Crippen LogP contribution in [0.1, 0.15) is 37.0 Å². The molecular weight excluding hydrogens is 198 g/mol. The number of hydrogen-bond donors (Lipinski definition) is 2. The summed E-state index contributed by atoms with van der Waals surface area (Å²) in [7, 11) is 0. The van der Waals surface area contributed by atoms with Gasteiger partial charge >= 0.3 is 0 Å². The van der Waals surface area contributed by atoms with Crippen LogP contribution >= 0.6 is 0 Å². The molecule has 1 unspecified atom stereocenters. The van der Waals surface area contributed by atoms with Crippen molar-refractivity contribution in [3.8, 4) is 0 Å². The van der Waals surface area contributed by atoms with Crippen molar-refractivity contribution in [3.05, 3.63) is 34.9 Å². The van der Waals surface area contributed by atoms with Gasteiger partial charge in [0, 0.05) is 6.04 Å². The van der Waals surface area contributed by atoms with Gasteiger partial charge in [-0.25, -0.2) is 0 Å². The van der Waals surface area contributed by atoms with Crippen molar-refractivity contribution in [1.82, 2.24) is 5.32 Å². The van der Waals surface area contributed by atoms with Crippen molar-refractivity contribution in [1.29, 1.82) is 0 Å². The van der Waals surface area contributed by atoms with Crippen molar-refractivity contribution in [2.75, 3.05) is 6.61 Å². The standard InChI is InChI=1S/C14H21NO/c1-10(2)15-14(9-16)7-6-12-5-4-11(3)8-13(12)14/h4-5,8,10,15-16H,6-7,9H2,1-3H3. The molecule has 0 heterocycles. The van der Waals surface area contributed by atoms with Crippen LogP contribution in [0.15, 0.2) is 18.2 Å². The second kappa shape index (κ2) is 4.19. The number of fused-ring (bicyclic) bond motifs is 1. The van der Waals surface area contributed by atoms with Gasteiger partial charge < -0.3 is 10.4 Å². The van der Waals surface area contributed by atoms with E-state index in [1.54, 1.807) is 0 Å². The fraction of sp³-hybridized carbons (Fsp3) is 0.571. The first-order valence-corrected chi connectivity index (χ1v) is 6.06. The Balaban J connectivity index is 2.42. The molecule has 0 saturated heterocycles. The molecule has 0 amide bonds. The van der Waals surface area contributed by atoms with Gasteiger partial charge in [-0.15, -0.1) is 0 Å². The Morgan fingerprint density at radius 1 is 1.44 bits per heavy atom. The van der Waals surface area contributed by atoms with Gasteiger partial charge in [-0.1, -0.05) is 23.8 Å². The van der Waals surface area contributed by atoms with Gasteiger partial charge in [0.15, 0.2) is 0 Å². The molecule has 0 aromatic heterocycles. The third kappa shape index (κ3) is 1.87. The molecule has 1 aromatic carbocycles. The molecule has 2 rings (SSSR count). The molecule has 1 aliphatic carbocycles. The number of aliphatic hydroxyl groups is 1. The normalized spacial score (nSPS) is 23.8. The van der Waals surface area contributed by atoms with Crippen LogP contribution in [0, 0.1) is 6.92 Å². The molecule has 88 valence electrons. The molecule has 0 radical (unpaired) electrons. The Bertz CT molecular complexity index is 386. The molecule has 0 bridgehead atoms. The zero-order chi connectivity index (χ0) is 11.8. The Kier molecular flexibility index (Phi) is 3.04. The fourth-order valence-corrected chi connectivity index (χ4v) is 2.75. The van der Waals surface area contributed by atoms with Crippen LogP contribution in [0.25, 0.3) is 0 Å². The van der Waals surface area contributed by atoms with E-state index < -0.39 is 0 Å². The first-order chi connectivity index (χ1) is 7.57. The van der Waals surface area contributed by atoms with Gasteiger partial charge in [0.25, 0.3) is 0 Å². The maximum Gasteiger partial charge on any atom is 0.0676 e. The largest absolute Gasteiger partial charge is 0.394 e. The summed E-state index contributed by atoms with van der Waals surface area (Å²) < 4.78 is 0. The minimum Gasteiger partial charge on any atom is -0.394 e. The van der Waals surface area contributed by atoms with Crippen molar-refractivity contribution in [2.45, 2.75) is 45.2 Å². The number of benzene rings is 1. The highest BCUT2D eigenvalue weighted by Gasteiger charge is 2.38. The van der Waals surface area contributed by atoms with Gasteiger partial charge in [0.1, 0.15) is 0 Å². The molecule has 1 aliphatic rings. The lowest BCUT2D eigenvalue weighted by Gasteiger charge is -2.32. The lowest BCUT2D eigenvalue weighted by atomic mass is 9.91. The van der Waals surface area contributed by atoms with Crippen LogP contribution in [-0.2, 0) is 12.0 Å². The van der Waals surface area contributed by atoms with E-state index in [2.05, 4.69) is 44.3 Å². The Morgan fingerprint density at radius 2 is 2.19 bits per heavy atom. The van der Waals surface area contributed by atoms with E-state index >= 15 is 0 Å². The molecule has 0 aliphatic heterocycles. The zero-order valence-electron chi connectivity index (χ0n) is 10.4.